The van der Waals surface area contributed by atoms with E-state index in [2.05, 4.69) is 52.7 Å². The lowest BCUT2D eigenvalue weighted by Crippen LogP contribution is -2.60. The lowest BCUT2D eigenvalue weighted by atomic mass is 9.84. The lowest BCUT2D eigenvalue weighted by molar-refractivity contribution is 0.0328. The van der Waals surface area contributed by atoms with E-state index in [4.69, 9.17) is 9.47 Å². The van der Waals surface area contributed by atoms with Crippen LogP contribution in [-0.4, -0.2) is 44.3 Å². The molecule has 0 radical (unpaired) electrons. The molecule has 0 amide bonds. The minimum Gasteiger partial charge on any atom is -0.493 e. The van der Waals surface area contributed by atoms with E-state index in [9.17, 15) is 0 Å². The summed E-state index contributed by atoms with van der Waals surface area (Å²) in [6, 6.07) is 18.9. The van der Waals surface area contributed by atoms with Crippen molar-refractivity contribution in [1.82, 2.24) is 10.2 Å². The van der Waals surface area contributed by atoms with Crippen molar-refractivity contribution in [2.75, 3.05) is 27.3 Å². The first kappa shape index (κ1) is 18.3. The molecule has 2 aliphatic heterocycles. The smallest absolute Gasteiger partial charge is 0.161 e. The zero-order chi connectivity index (χ0) is 18.6. The summed E-state index contributed by atoms with van der Waals surface area (Å²) in [7, 11) is 3.41. The molecule has 2 heterocycles. The van der Waals surface area contributed by atoms with Gasteiger partial charge in [-0.25, -0.2) is 0 Å². The predicted molar refractivity (Wildman–Crippen MR) is 109 cm³/mol. The Morgan fingerprint density at radius 1 is 1.00 bits per heavy atom. The number of hydrogen-bond acceptors (Lipinski definition) is 4. The largest absolute Gasteiger partial charge is 0.493 e. The van der Waals surface area contributed by atoms with E-state index in [1.807, 2.05) is 6.07 Å². The maximum absolute atomic E-state index is 5.55. The molecule has 3 unspecified atom stereocenters. The zero-order valence-electron chi connectivity index (χ0n) is 16.4. The van der Waals surface area contributed by atoms with Crippen LogP contribution in [0.4, 0.5) is 0 Å². The van der Waals surface area contributed by atoms with Crippen LogP contribution in [0, 0.1) is 0 Å². The predicted octanol–water partition coefficient (Wildman–Crippen LogP) is 3.81. The molecule has 0 saturated carbocycles. The molecule has 1 N–H and O–H groups in total. The third kappa shape index (κ3) is 3.83. The normalized spacial score (nSPS) is 25.6. The Labute approximate surface area is 162 Å². The van der Waals surface area contributed by atoms with Gasteiger partial charge in [0.25, 0.3) is 0 Å². The van der Waals surface area contributed by atoms with Crippen LogP contribution >= 0.6 is 0 Å². The van der Waals surface area contributed by atoms with E-state index < -0.39 is 0 Å². The van der Waals surface area contributed by atoms with Gasteiger partial charge in [0.2, 0.25) is 0 Å². The van der Waals surface area contributed by atoms with Crippen molar-refractivity contribution in [3.63, 3.8) is 0 Å². The topological polar surface area (TPSA) is 33.7 Å². The van der Waals surface area contributed by atoms with Crippen LogP contribution in [0.5, 0.6) is 11.5 Å². The minimum absolute atomic E-state index is 0.462. The molecule has 2 fully saturated rings. The number of hydrogen-bond donors (Lipinski definition) is 1. The highest BCUT2D eigenvalue weighted by Crippen LogP contribution is 2.39. The fraction of sp³-hybridized carbons (Fsp3) is 0.478. The molecule has 2 aromatic rings. The molecule has 4 heteroatoms. The number of ether oxygens (including phenoxy) is 2. The van der Waals surface area contributed by atoms with Gasteiger partial charge in [-0.1, -0.05) is 36.4 Å². The van der Waals surface area contributed by atoms with Crippen molar-refractivity contribution in [3.8, 4) is 11.5 Å². The van der Waals surface area contributed by atoms with Crippen molar-refractivity contribution in [2.24, 2.45) is 0 Å². The van der Waals surface area contributed by atoms with Crippen LogP contribution in [0.15, 0.2) is 48.5 Å². The molecule has 4 nitrogen and oxygen atoms in total. The summed E-state index contributed by atoms with van der Waals surface area (Å²) in [6.45, 7) is 2.16. The summed E-state index contributed by atoms with van der Waals surface area (Å²) in [5.74, 6) is 1.63. The van der Waals surface area contributed by atoms with E-state index in [0.717, 1.165) is 31.0 Å². The fourth-order valence-electron chi connectivity index (χ4n) is 4.85. The number of rotatable bonds is 5. The van der Waals surface area contributed by atoms with Gasteiger partial charge in [0.1, 0.15) is 0 Å². The molecular formula is C23H30N2O2. The first-order chi connectivity index (χ1) is 13.3. The number of fused-ring (bicyclic) bond motifs is 1. The molecule has 0 spiro atoms. The van der Waals surface area contributed by atoms with Gasteiger partial charge in [-0.2, -0.15) is 0 Å². The Morgan fingerprint density at radius 3 is 2.59 bits per heavy atom. The molecule has 0 aromatic heterocycles. The average Bonchev–Trinajstić information content (AvgIpc) is 2.74. The SMILES string of the molecule is COc1ccc(C2CCCC3C(Cc4ccccc4)NCCN23)cc1OC. The van der Waals surface area contributed by atoms with Gasteiger partial charge >= 0.3 is 0 Å². The lowest BCUT2D eigenvalue weighted by Gasteiger charge is -2.49. The summed E-state index contributed by atoms with van der Waals surface area (Å²) in [4.78, 5) is 2.73. The van der Waals surface area contributed by atoms with Crippen LogP contribution in [-0.2, 0) is 6.42 Å². The molecule has 4 rings (SSSR count). The first-order valence-corrected chi connectivity index (χ1v) is 10.0. The highest BCUT2D eigenvalue weighted by molar-refractivity contribution is 5.44. The summed E-state index contributed by atoms with van der Waals surface area (Å²) in [6.07, 6.45) is 4.85. The van der Waals surface area contributed by atoms with Gasteiger partial charge in [-0.15, -0.1) is 0 Å². The summed E-state index contributed by atoms with van der Waals surface area (Å²) < 4.78 is 11.0. The maximum Gasteiger partial charge on any atom is 0.161 e. The maximum atomic E-state index is 5.55. The number of nitrogens with zero attached hydrogens (tertiary/aromatic N) is 1. The van der Waals surface area contributed by atoms with E-state index in [0.29, 0.717) is 18.1 Å². The molecule has 144 valence electrons. The summed E-state index contributed by atoms with van der Waals surface area (Å²) >= 11 is 0. The second-order valence-corrected chi connectivity index (χ2v) is 7.62. The molecule has 27 heavy (non-hydrogen) atoms. The Hall–Kier alpha value is -2.04. The van der Waals surface area contributed by atoms with Crippen LogP contribution < -0.4 is 14.8 Å². The quantitative estimate of drug-likeness (QED) is 0.872. The van der Waals surface area contributed by atoms with E-state index in [-0.39, 0.29) is 0 Å². The number of benzene rings is 2. The molecule has 2 aliphatic rings. The van der Waals surface area contributed by atoms with Crippen LogP contribution in [0.3, 0.4) is 0 Å². The Kier molecular flexibility index (Phi) is 5.65. The van der Waals surface area contributed by atoms with E-state index >= 15 is 0 Å². The zero-order valence-corrected chi connectivity index (χ0v) is 16.4. The standard InChI is InChI=1S/C23H30N2O2/c1-26-22-12-11-18(16-23(22)27-2)20-9-6-10-21-19(24-13-14-25(20)21)15-17-7-4-3-5-8-17/h3-5,7-8,11-12,16,19-21,24H,6,9-10,13-15H2,1-2H3. The van der Waals surface area contributed by atoms with Gasteiger partial charge in [0.05, 0.1) is 14.2 Å². The molecule has 2 saturated heterocycles. The summed E-state index contributed by atoms with van der Waals surface area (Å²) in [5.41, 5.74) is 2.77. The minimum atomic E-state index is 0.462. The van der Waals surface area contributed by atoms with Gasteiger partial charge in [0, 0.05) is 31.2 Å². The van der Waals surface area contributed by atoms with Crippen molar-refractivity contribution in [1.29, 1.82) is 0 Å². The molecular weight excluding hydrogens is 336 g/mol. The van der Waals surface area contributed by atoms with Gasteiger partial charge in [-0.05, 0) is 48.9 Å². The highest BCUT2D eigenvalue weighted by Gasteiger charge is 2.38. The second kappa shape index (κ2) is 8.32. The van der Waals surface area contributed by atoms with Gasteiger partial charge < -0.3 is 14.8 Å². The average molecular weight is 367 g/mol. The second-order valence-electron chi connectivity index (χ2n) is 7.62. The third-order valence-corrected chi connectivity index (χ3v) is 6.14. The van der Waals surface area contributed by atoms with E-state index in [1.165, 1.54) is 30.4 Å². The van der Waals surface area contributed by atoms with Crippen molar-refractivity contribution in [3.05, 3.63) is 59.7 Å². The molecule has 0 aliphatic carbocycles. The number of piperidine rings is 1. The molecule has 0 bridgehead atoms. The fourth-order valence-corrected chi connectivity index (χ4v) is 4.85. The van der Waals surface area contributed by atoms with E-state index in [1.54, 1.807) is 14.2 Å². The van der Waals surface area contributed by atoms with Crippen LogP contribution in [0.25, 0.3) is 0 Å². The molecule has 3 atom stereocenters. The highest BCUT2D eigenvalue weighted by atomic mass is 16.5. The van der Waals surface area contributed by atoms with Gasteiger partial charge in [-0.3, -0.25) is 4.90 Å². The van der Waals surface area contributed by atoms with Crippen molar-refractivity contribution < 1.29 is 9.47 Å². The number of nitrogens with one attached hydrogen (secondary N) is 1. The third-order valence-electron chi connectivity index (χ3n) is 6.14. The Morgan fingerprint density at radius 2 is 1.81 bits per heavy atom. The van der Waals surface area contributed by atoms with Crippen LogP contribution in [0.1, 0.15) is 36.4 Å². The van der Waals surface area contributed by atoms with Gasteiger partial charge in [0.15, 0.2) is 11.5 Å². The van der Waals surface area contributed by atoms with Crippen LogP contribution in [0.2, 0.25) is 0 Å². The molecule has 2 aromatic carbocycles. The first-order valence-electron chi connectivity index (χ1n) is 10.0. The van der Waals surface area contributed by atoms with Crippen molar-refractivity contribution >= 4 is 0 Å². The Balaban J connectivity index is 1.56. The van der Waals surface area contributed by atoms with Crippen molar-refractivity contribution in [2.45, 2.75) is 43.8 Å². The monoisotopic (exact) mass is 366 g/mol. The number of piperazine rings is 1. The summed E-state index contributed by atoms with van der Waals surface area (Å²) in [5, 5.41) is 3.79. The number of methoxy groups -OCH3 is 2. The Bertz CT molecular complexity index is 749.